The molecule has 0 saturated carbocycles. The van der Waals surface area contributed by atoms with E-state index >= 15 is 0 Å². The first kappa shape index (κ1) is 19.6. The largest absolute Gasteiger partial charge is 0.494 e. The molecule has 0 bridgehead atoms. The van der Waals surface area contributed by atoms with Crippen LogP contribution in [0.15, 0.2) is 46.2 Å². The van der Waals surface area contributed by atoms with E-state index < -0.39 is 25.9 Å². The number of benzene rings is 2. The molecular formula is C17H19FN2O5S2. The Labute approximate surface area is 158 Å². The topological polar surface area (TPSA) is 84.0 Å². The summed E-state index contributed by atoms with van der Waals surface area (Å²) < 4.78 is 71.4. The van der Waals surface area contributed by atoms with Gasteiger partial charge in [0.25, 0.3) is 10.0 Å². The molecule has 0 atom stereocenters. The molecule has 1 heterocycles. The molecule has 2 aromatic rings. The second kappa shape index (κ2) is 6.77. The minimum atomic E-state index is -3.99. The van der Waals surface area contributed by atoms with Gasteiger partial charge in [0.1, 0.15) is 0 Å². The predicted octanol–water partition coefficient (Wildman–Crippen LogP) is 1.84. The van der Waals surface area contributed by atoms with Gasteiger partial charge in [-0.3, -0.25) is 4.31 Å². The Bertz CT molecular complexity index is 1100. The molecule has 0 radical (unpaired) electrons. The number of hydrogen-bond acceptors (Lipinski definition) is 5. The van der Waals surface area contributed by atoms with E-state index in [1.807, 2.05) is 0 Å². The van der Waals surface area contributed by atoms with E-state index in [0.717, 1.165) is 14.7 Å². The molecule has 0 aliphatic carbocycles. The molecule has 0 amide bonds. The first-order chi connectivity index (χ1) is 12.6. The van der Waals surface area contributed by atoms with Crippen LogP contribution in [-0.2, 0) is 26.5 Å². The fourth-order valence-corrected chi connectivity index (χ4v) is 5.37. The van der Waals surface area contributed by atoms with Crippen LogP contribution in [0.3, 0.4) is 0 Å². The van der Waals surface area contributed by atoms with Gasteiger partial charge < -0.3 is 4.74 Å². The minimum absolute atomic E-state index is 0.0469. The van der Waals surface area contributed by atoms with Gasteiger partial charge in [-0.1, -0.05) is 0 Å². The summed E-state index contributed by atoms with van der Waals surface area (Å²) in [5.41, 5.74) is 0.999. The first-order valence-electron chi connectivity index (χ1n) is 8.01. The molecule has 3 rings (SSSR count). The Morgan fingerprint density at radius 2 is 1.70 bits per heavy atom. The molecular weight excluding hydrogens is 395 g/mol. The number of rotatable bonds is 5. The highest BCUT2D eigenvalue weighted by Crippen LogP contribution is 2.35. The number of hydrogen-bond donors (Lipinski definition) is 0. The number of halogens is 1. The van der Waals surface area contributed by atoms with Crippen LogP contribution in [0.25, 0.3) is 0 Å². The number of nitrogens with zero attached hydrogens (tertiary/aromatic N) is 2. The van der Waals surface area contributed by atoms with Gasteiger partial charge in [0, 0.05) is 20.6 Å². The maximum absolute atomic E-state index is 13.9. The van der Waals surface area contributed by atoms with Gasteiger partial charge in [-0.25, -0.2) is 25.5 Å². The highest BCUT2D eigenvalue weighted by atomic mass is 32.2. The molecule has 0 N–H and O–H groups in total. The van der Waals surface area contributed by atoms with Crippen molar-refractivity contribution >= 4 is 25.7 Å². The normalized spacial score (nSPS) is 14.5. The third-order valence-corrected chi connectivity index (χ3v) is 8.01. The summed E-state index contributed by atoms with van der Waals surface area (Å²) in [6.07, 6.45) is 0.365. The Morgan fingerprint density at radius 1 is 1.04 bits per heavy atom. The molecule has 146 valence electrons. The summed E-state index contributed by atoms with van der Waals surface area (Å²) in [6.45, 7) is 0.150. The second-order valence-corrected chi connectivity index (χ2v) is 10.2. The Hall–Kier alpha value is -2.17. The molecule has 2 aromatic carbocycles. The van der Waals surface area contributed by atoms with Crippen LogP contribution < -0.4 is 9.04 Å². The molecule has 10 heteroatoms. The fourth-order valence-electron chi connectivity index (χ4n) is 2.90. The van der Waals surface area contributed by atoms with Gasteiger partial charge in [0.05, 0.1) is 22.6 Å². The number of anilines is 1. The molecule has 1 aliphatic heterocycles. The Balaban J connectivity index is 2.01. The van der Waals surface area contributed by atoms with E-state index in [4.69, 9.17) is 4.74 Å². The third kappa shape index (κ3) is 3.28. The Morgan fingerprint density at radius 3 is 2.30 bits per heavy atom. The fraction of sp³-hybridized carbons (Fsp3) is 0.294. The first-order valence-corrected chi connectivity index (χ1v) is 10.9. The van der Waals surface area contributed by atoms with Gasteiger partial charge in [-0.05, 0) is 48.4 Å². The lowest BCUT2D eigenvalue weighted by Gasteiger charge is -2.20. The van der Waals surface area contributed by atoms with Crippen molar-refractivity contribution in [2.75, 3.05) is 32.1 Å². The molecule has 0 spiro atoms. The van der Waals surface area contributed by atoms with Crippen molar-refractivity contribution in [3.05, 3.63) is 47.8 Å². The molecule has 0 fully saturated rings. The second-order valence-electron chi connectivity index (χ2n) is 6.20. The van der Waals surface area contributed by atoms with Crippen molar-refractivity contribution < 1.29 is 26.0 Å². The van der Waals surface area contributed by atoms with Gasteiger partial charge in [0.15, 0.2) is 11.6 Å². The van der Waals surface area contributed by atoms with Gasteiger partial charge in [-0.15, -0.1) is 0 Å². The molecule has 1 aliphatic rings. The molecule has 0 aromatic heterocycles. The van der Waals surface area contributed by atoms with Crippen LogP contribution in [0.4, 0.5) is 10.1 Å². The van der Waals surface area contributed by atoms with Crippen LogP contribution in [0.1, 0.15) is 5.56 Å². The van der Waals surface area contributed by atoms with E-state index in [2.05, 4.69) is 0 Å². The predicted molar refractivity (Wildman–Crippen MR) is 98.5 cm³/mol. The lowest BCUT2D eigenvalue weighted by atomic mass is 10.2. The average Bonchev–Trinajstić information content (AvgIpc) is 3.05. The summed E-state index contributed by atoms with van der Waals surface area (Å²) in [6, 6.07) is 7.77. The van der Waals surface area contributed by atoms with Crippen LogP contribution >= 0.6 is 0 Å². The quantitative estimate of drug-likeness (QED) is 0.745. The van der Waals surface area contributed by atoms with E-state index in [1.54, 1.807) is 0 Å². The van der Waals surface area contributed by atoms with Crippen molar-refractivity contribution in [2.24, 2.45) is 0 Å². The van der Waals surface area contributed by atoms with Crippen molar-refractivity contribution in [1.82, 2.24) is 4.31 Å². The molecule has 27 heavy (non-hydrogen) atoms. The minimum Gasteiger partial charge on any atom is -0.494 e. The molecule has 0 saturated heterocycles. The Kier molecular flexibility index (Phi) is 4.91. The maximum Gasteiger partial charge on any atom is 0.264 e. The standard InChI is InChI=1S/C17H19FN2O5S2/c1-19(2)26(21,22)13-4-6-16-12(10-13)8-9-20(16)27(23,24)14-5-7-17(25-3)15(18)11-14/h4-7,10-11H,8-9H2,1-3H3. The van der Waals surface area contributed by atoms with E-state index in [9.17, 15) is 21.2 Å². The summed E-state index contributed by atoms with van der Waals surface area (Å²) >= 11 is 0. The highest BCUT2D eigenvalue weighted by molar-refractivity contribution is 7.92. The summed E-state index contributed by atoms with van der Waals surface area (Å²) in [5, 5.41) is 0. The zero-order valence-corrected chi connectivity index (χ0v) is 16.6. The van der Waals surface area contributed by atoms with E-state index in [1.165, 1.54) is 51.5 Å². The summed E-state index contributed by atoms with van der Waals surface area (Å²) in [7, 11) is -3.45. The van der Waals surface area contributed by atoms with Gasteiger partial charge >= 0.3 is 0 Å². The van der Waals surface area contributed by atoms with Gasteiger partial charge in [0.2, 0.25) is 10.0 Å². The van der Waals surface area contributed by atoms with Crippen molar-refractivity contribution in [3.63, 3.8) is 0 Å². The zero-order valence-electron chi connectivity index (χ0n) is 15.0. The number of sulfonamides is 2. The van der Waals surface area contributed by atoms with Crippen molar-refractivity contribution in [2.45, 2.75) is 16.2 Å². The summed E-state index contributed by atoms with van der Waals surface area (Å²) in [4.78, 5) is -0.0976. The van der Waals surface area contributed by atoms with E-state index in [-0.39, 0.29) is 22.1 Å². The third-order valence-electron chi connectivity index (χ3n) is 4.39. The molecule has 0 unspecified atom stereocenters. The maximum atomic E-state index is 13.9. The number of methoxy groups -OCH3 is 1. The monoisotopic (exact) mass is 414 g/mol. The van der Waals surface area contributed by atoms with Gasteiger partial charge in [-0.2, -0.15) is 0 Å². The van der Waals surface area contributed by atoms with Crippen LogP contribution in [-0.4, -0.2) is 48.9 Å². The SMILES string of the molecule is COc1ccc(S(=O)(=O)N2CCc3cc(S(=O)(=O)N(C)C)ccc32)cc1F. The van der Waals surface area contributed by atoms with Crippen LogP contribution in [0.2, 0.25) is 0 Å². The van der Waals surface area contributed by atoms with Crippen LogP contribution in [0.5, 0.6) is 5.75 Å². The lowest BCUT2D eigenvalue weighted by Crippen LogP contribution is -2.29. The lowest BCUT2D eigenvalue weighted by molar-refractivity contribution is 0.385. The smallest absolute Gasteiger partial charge is 0.264 e. The molecule has 7 nitrogen and oxygen atoms in total. The van der Waals surface area contributed by atoms with E-state index in [0.29, 0.717) is 17.7 Å². The zero-order chi connectivity index (χ0) is 20.0. The van der Waals surface area contributed by atoms with Crippen molar-refractivity contribution in [3.8, 4) is 5.75 Å². The van der Waals surface area contributed by atoms with Crippen molar-refractivity contribution in [1.29, 1.82) is 0 Å². The summed E-state index contributed by atoms with van der Waals surface area (Å²) in [5.74, 6) is -0.820. The average molecular weight is 414 g/mol. The number of ether oxygens (including phenoxy) is 1. The highest BCUT2D eigenvalue weighted by Gasteiger charge is 2.32. The van der Waals surface area contributed by atoms with Crippen LogP contribution in [0, 0.1) is 5.82 Å². The number of fused-ring (bicyclic) bond motifs is 1.